The van der Waals surface area contributed by atoms with Crippen molar-refractivity contribution in [3.63, 3.8) is 0 Å². The monoisotopic (exact) mass is 465 g/mol. The van der Waals surface area contributed by atoms with E-state index in [1.165, 1.54) is 40.7 Å². The molecule has 0 atom stereocenters. The molecule has 1 aromatic heterocycles. The number of sulfone groups is 1. The lowest BCUT2D eigenvalue weighted by molar-refractivity contribution is 0.270. The van der Waals surface area contributed by atoms with Crippen LogP contribution in [0.2, 0.25) is 0 Å². The van der Waals surface area contributed by atoms with Crippen LogP contribution in [0.25, 0.3) is 11.4 Å². The molecule has 1 aliphatic heterocycles. The van der Waals surface area contributed by atoms with Crippen LogP contribution in [0.1, 0.15) is 24.7 Å². The third-order valence-electron chi connectivity index (χ3n) is 5.22. The van der Waals surface area contributed by atoms with Gasteiger partial charge < -0.3 is 4.52 Å². The second kappa shape index (κ2) is 8.13. The predicted octanol–water partition coefficient (Wildman–Crippen LogP) is 2.85. The van der Waals surface area contributed by atoms with Gasteiger partial charge in [-0.2, -0.15) is 9.29 Å². The molecule has 31 heavy (non-hydrogen) atoms. The number of rotatable bonds is 5. The van der Waals surface area contributed by atoms with Crippen molar-refractivity contribution in [1.82, 2.24) is 14.4 Å². The van der Waals surface area contributed by atoms with E-state index in [0.29, 0.717) is 30.1 Å². The van der Waals surface area contributed by atoms with Crippen molar-refractivity contribution in [2.45, 2.75) is 28.6 Å². The maximum absolute atomic E-state index is 13.1. The highest BCUT2D eigenvalue weighted by Gasteiger charge is 2.32. The fourth-order valence-corrected chi connectivity index (χ4v) is 5.73. The summed E-state index contributed by atoms with van der Waals surface area (Å²) in [4.78, 5) is 4.29. The molecule has 0 aliphatic carbocycles. The maximum Gasteiger partial charge on any atom is 0.243 e. The Bertz CT molecular complexity index is 1300. The summed E-state index contributed by atoms with van der Waals surface area (Å²) < 4.78 is 69.2. The van der Waals surface area contributed by atoms with E-state index in [0.717, 1.165) is 6.26 Å². The molecule has 0 unspecified atom stereocenters. The van der Waals surface area contributed by atoms with E-state index < -0.39 is 19.9 Å². The Labute approximate surface area is 179 Å². The van der Waals surface area contributed by atoms with Gasteiger partial charge in [0.05, 0.1) is 9.79 Å². The second-order valence-electron chi connectivity index (χ2n) is 7.39. The van der Waals surface area contributed by atoms with E-state index in [2.05, 4.69) is 10.1 Å². The normalized spacial score (nSPS) is 16.5. The van der Waals surface area contributed by atoms with Gasteiger partial charge in [0, 0.05) is 30.8 Å². The van der Waals surface area contributed by atoms with Gasteiger partial charge in [0.2, 0.25) is 21.7 Å². The quantitative estimate of drug-likeness (QED) is 0.570. The van der Waals surface area contributed by atoms with Crippen LogP contribution in [0.3, 0.4) is 0 Å². The van der Waals surface area contributed by atoms with Crippen LogP contribution in [0, 0.1) is 5.82 Å². The van der Waals surface area contributed by atoms with Crippen LogP contribution in [0.5, 0.6) is 0 Å². The zero-order valence-electron chi connectivity index (χ0n) is 16.6. The highest BCUT2D eigenvalue weighted by atomic mass is 32.2. The third-order valence-corrected chi connectivity index (χ3v) is 8.22. The summed E-state index contributed by atoms with van der Waals surface area (Å²) in [7, 11) is -7.34. The standard InChI is InChI=1S/C20H20FN3O5S2/c1-30(25,26)17-3-2-4-18(13-17)31(27,28)24-11-9-15(10-12-24)20-22-19(23-29-20)14-5-7-16(21)8-6-14/h2-8,13,15H,9-12H2,1H3. The molecule has 0 N–H and O–H groups in total. The first kappa shape index (κ1) is 21.6. The molecule has 0 bridgehead atoms. The Morgan fingerprint density at radius 2 is 1.65 bits per heavy atom. The zero-order valence-corrected chi connectivity index (χ0v) is 18.2. The molecule has 1 fully saturated rings. The Kier molecular flexibility index (Phi) is 5.67. The summed E-state index contributed by atoms with van der Waals surface area (Å²) in [6, 6.07) is 11.1. The van der Waals surface area contributed by atoms with Gasteiger partial charge in [-0.05, 0) is 55.3 Å². The minimum absolute atomic E-state index is 0.0392. The third kappa shape index (κ3) is 4.53. The van der Waals surface area contributed by atoms with Gasteiger partial charge in [-0.3, -0.25) is 0 Å². The molecule has 0 saturated carbocycles. The summed E-state index contributed by atoms with van der Waals surface area (Å²) in [6.45, 7) is 0.481. The van der Waals surface area contributed by atoms with E-state index >= 15 is 0 Å². The first-order valence-corrected chi connectivity index (χ1v) is 12.9. The fourth-order valence-electron chi connectivity index (χ4n) is 3.47. The molecular weight excluding hydrogens is 445 g/mol. The van der Waals surface area contributed by atoms with Crippen LogP contribution >= 0.6 is 0 Å². The Morgan fingerprint density at radius 1 is 1.00 bits per heavy atom. The van der Waals surface area contributed by atoms with Crippen molar-refractivity contribution in [3.05, 3.63) is 60.2 Å². The molecule has 1 saturated heterocycles. The lowest BCUT2D eigenvalue weighted by atomic mass is 9.98. The van der Waals surface area contributed by atoms with Crippen molar-refractivity contribution in [2.75, 3.05) is 19.3 Å². The number of nitrogens with zero attached hydrogens (tertiary/aromatic N) is 3. The van der Waals surface area contributed by atoms with Crippen LogP contribution in [0.15, 0.2) is 62.8 Å². The maximum atomic E-state index is 13.1. The number of piperidine rings is 1. The molecule has 0 amide bonds. The van der Waals surface area contributed by atoms with Crippen molar-refractivity contribution < 1.29 is 25.7 Å². The number of hydrogen-bond donors (Lipinski definition) is 0. The van der Waals surface area contributed by atoms with Gasteiger partial charge >= 0.3 is 0 Å². The first-order chi connectivity index (χ1) is 14.6. The lowest BCUT2D eigenvalue weighted by Crippen LogP contribution is -2.38. The van der Waals surface area contributed by atoms with E-state index in [1.54, 1.807) is 12.1 Å². The van der Waals surface area contributed by atoms with Crippen LogP contribution in [0.4, 0.5) is 4.39 Å². The van der Waals surface area contributed by atoms with Gasteiger partial charge in [-0.15, -0.1) is 0 Å². The lowest BCUT2D eigenvalue weighted by Gasteiger charge is -2.29. The molecule has 4 rings (SSSR count). The minimum Gasteiger partial charge on any atom is -0.339 e. The van der Waals surface area contributed by atoms with Crippen molar-refractivity contribution in [2.24, 2.45) is 0 Å². The molecule has 0 spiro atoms. The van der Waals surface area contributed by atoms with Crippen LogP contribution < -0.4 is 0 Å². The molecule has 8 nitrogen and oxygen atoms in total. The van der Waals surface area contributed by atoms with Gasteiger partial charge in [0.15, 0.2) is 9.84 Å². The topological polar surface area (TPSA) is 110 Å². The molecule has 11 heteroatoms. The summed E-state index contributed by atoms with van der Waals surface area (Å²) in [6.07, 6.45) is 2.00. The SMILES string of the molecule is CS(=O)(=O)c1cccc(S(=O)(=O)N2CCC(c3nc(-c4ccc(F)cc4)no3)CC2)c1. The summed E-state index contributed by atoms with van der Waals surface area (Å²) in [5, 5.41) is 3.94. The van der Waals surface area contributed by atoms with Crippen molar-refractivity contribution in [3.8, 4) is 11.4 Å². The highest BCUT2D eigenvalue weighted by molar-refractivity contribution is 7.91. The average molecular weight is 466 g/mol. The largest absolute Gasteiger partial charge is 0.339 e. The summed E-state index contributed by atoms with van der Waals surface area (Å²) in [5.41, 5.74) is 0.627. The number of hydrogen-bond acceptors (Lipinski definition) is 7. The Morgan fingerprint density at radius 3 is 2.29 bits per heavy atom. The van der Waals surface area contributed by atoms with E-state index in [9.17, 15) is 21.2 Å². The smallest absolute Gasteiger partial charge is 0.243 e. The van der Waals surface area contributed by atoms with Gasteiger partial charge in [0.25, 0.3) is 0 Å². The van der Waals surface area contributed by atoms with Crippen LogP contribution in [-0.4, -0.2) is 50.6 Å². The number of sulfonamides is 1. The summed E-state index contributed by atoms with van der Waals surface area (Å²) in [5.74, 6) is 0.303. The van der Waals surface area contributed by atoms with Gasteiger partial charge in [0.1, 0.15) is 5.82 Å². The van der Waals surface area contributed by atoms with E-state index in [4.69, 9.17) is 4.52 Å². The minimum atomic E-state index is -3.83. The van der Waals surface area contributed by atoms with E-state index in [1.807, 2.05) is 0 Å². The van der Waals surface area contributed by atoms with Crippen LogP contribution in [-0.2, 0) is 19.9 Å². The molecule has 164 valence electrons. The highest BCUT2D eigenvalue weighted by Crippen LogP contribution is 2.31. The van der Waals surface area contributed by atoms with Gasteiger partial charge in [-0.1, -0.05) is 11.2 Å². The molecule has 2 heterocycles. The molecule has 0 radical (unpaired) electrons. The fraction of sp³-hybridized carbons (Fsp3) is 0.300. The number of halogens is 1. The first-order valence-electron chi connectivity index (χ1n) is 9.54. The van der Waals surface area contributed by atoms with E-state index in [-0.39, 0.29) is 34.6 Å². The number of aromatic nitrogens is 2. The average Bonchev–Trinajstić information content (AvgIpc) is 3.24. The molecule has 1 aliphatic rings. The second-order valence-corrected chi connectivity index (χ2v) is 11.3. The van der Waals surface area contributed by atoms with Gasteiger partial charge in [-0.25, -0.2) is 21.2 Å². The molecular formula is C20H20FN3O5S2. The predicted molar refractivity (Wildman–Crippen MR) is 110 cm³/mol. The van der Waals surface area contributed by atoms with Crippen molar-refractivity contribution >= 4 is 19.9 Å². The van der Waals surface area contributed by atoms with Crippen molar-refractivity contribution in [1.29, 1.82) is 0 Å². The number of benzene rings is 2. The summed E-state index contributed by atoms with van der Waals surface area (Å²) >= 11 is 0. The molecule has 2 aromatic carbocycles. The molecule has 3 aromatic rings. The zero-order chi connectivity index (χ0) is 22.2. The Hall–Kier alpha value is -2.63. The Balaban J connectivity index is 1.47.